The summed E-state index contributed by atoms with van der Waals surface area (Å²) in [6.45, 7) is 3.12. The fourth-order valence-electron chi connectivity index (χ4n) is 4.35. The number of alkyl halides is 4. The third-order valence-corrected chi connectivity index (χ3v) is 6.18. The van der Waals surface area contributed by atoms with Crippen molar-refractivity contribution in [1.29, 1.82) is 0 Å². The number of aromatic nitrogens is 2. The number of hydrogen-bond donors (Lipinski definition) is 1. The lowest BCUT2D eigenvalue weighted by Crippen LogP contribution is -2.49. The average Bonchev–Trinajstić information content (AvgIpc) is 3.35. The van der Waals surface area contributed by atoms with Crippen LogP contribution < -0.4 is 4.74 Å². The zero-order chi connectivity index (χ0) is 24.7. The number of likely N-dealkylation sites (tertiary alicyclic amines) is 1. The van der Waals surface area contributed by atoms with Gasteiger partial charge in [-0.3, -0.25) is 19.3 Å². The number of nitrogens with zero attached hydrogens (tertiary/aromatic N) is 3. The average molecular weight is 491 g/mol. The molecule has 0 radical (unpaired) electrons. The Balaban J connectivity index is 0.000000172. The summed E-state index contributed by atoms with van der Waals surface area (Å²) in [4.78, 5) is 3.66. The second-order valence-corrected chi connectivity index (χ2v) is 8.97. The van der Waals surface area contributed by atoms with Gasteiger partial charge in [-0.25, -0.2) is 0 Å². The first kappa shape index (κ1) is 25.2. The van der Waals surface area contributed by atoms with Gasteiger partial charge >= 0.3 is 6.18 Å². The molecule has 5 nitrogen and oxygen atoms in total. The topological polar surface area (TPSA) is 44.4 Å². The summed E-state index contributed by atoms with van der Waals surface area (Å²) >= 11 is 0. The zero-order valence-corrected chi connectivity index (χ0v) is 19.5. The normalized spacial score (nSPS) is 16.7. The number of hydrogen-bond acceptors (Lipinski definition) is 4. The SMILES string of the molecule is FC(F)(F)CN1CCc2cc(-c3ccn[nH]3)ccc2C1.FCC1CN(CCOc2ccccc2)C1. The molecule has 3 aromatic rings. The number of ether oxygens (including phenoxy) is 1. The second kappa shape index (κ2) is 11.7. The Bertz CT molecular complexity index is 1040. The fourth-order valence-corrected chi connectivity index (χ4v) is 4.35. The summed E-state index contributed by atoms with van der Waals surface area (Å²) in [7, 11) is 0. The molecule has 1 saturated heterocycles. The molecule has 0 saturated carbocycles. The van der Waals surface area contributed by atoms with Gasteiger partial charge in [0.2, 0.25) is 0 Å². The van der Waals surface area contributed by atoms with E-state index >= 15 is 0 Å². The molecule has 188 valence electrons. The molecule has 0 amide bonds. The molecule has 9 heteroatoms. The van der Waals surface area contributed by atoms with Crippen LogP contribution in [-0.4, -0.2) is 72.2 Å². The van der Waals surface area contributed by atoms with Gasteiger partial charge in [-0.15, -0.1) is 0 Å². The molecule has 0 bridgehead atoms. The molecule has 35 heavy (non-hydrogen) atoms. The van der Waals surface area contributed by atoms with Crippen LogP contribution in [0.3, 0.4) is 0 Å². The van der Waals surface area contributed by atoms with Crippen molar-refractivity contribution in [3.8, 4) is 17.0 Å². The van der Waals surface area contributed by atoms with Crippen molar-refractivity contribution in [3.63, 3.8) is 0 Å². The Morgan fingerprint density at radius 2 is 1.80 bits per heavy atom. The number of halogens is 4. The second-order valence-electron chi connectivity index (χ2n) is 8.97. The first-order valence-corrected chi connectivity index (χ1v) is 11.8. The van der Waals surface area contributed by atoms with Crippen molar-refractivity contribution in [2.24, 2.45) is 5.92 Å². The maximum absolute atomic E-state index is 12.4. The lowest BCUT2D eigenvalue weighted by atomic mass is 9.96. The smallest absolute Gasteiger partial charge is 0.401 e. The van der Waals surface area contributed by atoms with Gasteiger partial charge in [0.05, 0.1) is 18.9 Å². The lowest BCUT2D eigenvalue weighted by Gasteiger charge is -2.37. The molecule has 2 aromatic carbocycles. The van der Waals surface area contributed by atoms with E-state index in [9.17, 15) is 17.6 Å². The van der Waals surface area contributed by atoms with E-state index in [1.54, 1.807) is 6.20 Å². The van der Waals surface area contributed by atoms with Crippen LogP contribution in [0.1, 0.15) is 11.1 Å². The van der Waals surface area contributed by atoms with Crippen LogP contribution in [0.4, 0.5) is 17.6 Å². The number of para-hydroxylation sites is 1. The van der Waals surface area contributed by atoms with Crippen LogP contribution in [0, 0.1) is 5.92 Å². The largest absolute Gasteiger partial charge is 0.492 e. The Hall–Kier alpha value is -2.91. The standard InChI is InChI=1S/C14H14F3N3.C12H16FNO/c15-14(16,17)9-20-6-4-10-7-11(1-2-12(10)8-20)13-3-5-18-19-13;13-8-11-9-14(10-11)6-7-15-12-4-2-1-3-5-12/h1-3,5,7H,4,6,8-9H2,(H,18,19);1-5,11H,6-10H2. The van der Waals surface area contributed by atoms with Crippen molar-refractivity contribution in [2.75, 3.05) is 46.0 Å². The van der Waals surface area contributed by atoms with E-state index in [0.717, 1.165) is 47.8 Å². The van der Waals surface area contributed by atoms with Crippen molar-refractivity contribution in [2.45, 2.75) is 19.1 Å². The molecule has 0 aliphatic carbocycles. The quantitative estimate of drug-likeness (QED) is 0.476. The van der Waals surface area contributed by atoms with E-state index in [2.05, 4.69) is 15.1 Å². The molecule has 5 rings (SSSR count). The minimum absolute atomic E-state index is 0.184. The van der Waals surface area contributed by atoms with Crippen molar-refractivity contribution in [1.82, 2.24) is 20.0 Å². The molecule has 1 fully saturated rings. The molecule has 0 unspecified atom stereocenters. The van der Waals surface area contributed by atoms with E-state index in [4.69, 9.17) is 4.74 Å². The van der Waals surface area contributed by atoms with Crippen LogP contribution in [0.5, 0.6) is 5.75 Å². The Morgan fingerprint density at radius 1 is 1.00 bits per heavy atom. The first-order chi connectivity index (χ1) is 16.9. The highest BCUT2D eigenvalue weighted by Gasteiger charge is 2.32. The summed E-state index contributed by atoms with van der Waals surface area (Å²) in [5, 5.41) is 6.80. The van der Waals surface area contributed by atoms with E-state index in [-0.39, 0.29) is 12.6 Å². The molecular formula is C26H30F4N4O. The van der Waals surface area contributed by atoms with Crippen molar-refractivity contribution >= 4 is 0 Å². The van der Waals surface area contributed by atoms with Crippen LogP contribution in [0.25, 0.3) is 11.3 Å². The van der Waals surface area contributed by atoms with Crippen molar-refractivity contribution < 1.29 is 22.3 Å². The fraction of sp³-hybridized carbons (Fsp3) is 0.423. The predicted molar refractivity (Wildman–Crippen MR) is 127 cm³/mol. The third-order valence-electron chi connectivity index (χ3n) is 6.18. The molecule has 1 N–H and O–H groups in total. The Labute approximate surface area is 202 Å². The molecule has 1 aromatic heterocycles. The van der Waals surface area contributed by atoms with E-state index in [1.165, 1.54) is 4.90 Å². The van der Waals surface area contributed by atoms with E-state index < -0.39 is 12.7 Å². The van der Waals surface area contributed by atoms with Gasteiger partial charge in [0, 0.05) is 44.8 Å². The van der Waals surface area contributed by atoms with Crippen LogP contribution in [-0.2, 0) is 13.0 Å². The van der Waals surface area contributed by atoms with Crippen LogP contribution in [0.15, 0.2) is 60.8 Å². The van der Waals surface area contributed by atoms with Gasteiger partial charge in [0.25, 0.3) is 0 Å². The maximum atomic E-state index is 12.4. The number of benzene rings is 2. The molecule has 2 aliphatic rings. The number of fused-ring (bicyclic) bond motifs is 1. The van der Waals surface area contributed by atoms with Gasteiger partial charge in [-0.2, -0.15) is 18.3 Å². The van der Waals surface area contributed by atoms with E-state index in [0.29, 0.717) is 26.1 Å². The molecular weight excluding hydrogens is 460 g/mol. The summed E-state index contributed by atoms with van der Waals surface area (Å²) in [6, 6.07) is 17.5. The molecule has 0 spiro atoms. The Kier molecular flexibility index (Phi) is 8.41. The minimum Gasteiger partial charge on any atom is -0.492 e. The summed E-state index contributed by atoms with van der Waals surface area (Å²) in [5.74, 6) is 1.17. The van der Waals surface area contributed by atoms with Crippen LogP contribution >= 0.6 is 0 Å². The van der Waals surface area contributed by atoms with Gasteiger partial charge in [0.1, 0.15) is 12.4 Å². The maximum Gasteiger partial charge on any atom is 0.401 e. The predicted octanol–water partition coefficient (Wildman–Crippen LogP) is 4.96. The van der Waals surface area contributed by atoms with E-state index in [1.807, 2.05) is 54.6 Å². The Morgan fingerprint density at radius 3 is 2.49 bits per heavy atom. The monoisotopic (exact) mass is 490 g/mol. The minimum atomic E-state index is -4.13. The zero-order valence-electron chi connectivity index (χ0n) is 19.5. The van der Waals surface area contributed by atoms with Gasteiger partial charge in [0.15, 0.2) is 0 Å². The molecule has 2 aliphatic heterocycles. The number of rotatable bonds is 7. The summed E-state index contributed by atoms with van der Waals surface area (Å²) in [5.41, 5.74) is 4.04. The van der Waals surface area contributed by atoms with Crippen LogP contribution in [0.2, 0.25) is 0 Å². The van der Waals surface area contributed by atoms with Gasteiger partial charge in [-0.1, -0.05) is 30.3 Å². The van der Waals surface area contributed by atoms with Gasteiger partial charge in [-0.05, 0) is 47.4 Å². The first-order valence-electron chi connectivity index (χ1n) is 11.8. The highest BCUT2D eigenvalue weighted by Crippen LogP contribution is 2.27. The summed E-state index contributed by atoms with van der Waals surface area (Å²) < 4.78 is 54.9. The highest BCUT2D eigenvalue weighted by molar-refractivity contribution is 5.60. The highest BCUT2D eigenvalue weighted by atomic mass is 19.4. The number of nitrogens with one attached hydrogen (secondary N) is 1. The molecule has 0 atom stereocenters. The van der Waals surface area contributed by atoms with Gasteiger partial charge < -0.3 is 4.74 Å². The molecule has 3 heterocycles. The number of H-pyrrole nitrogens is 1. The lowest BCUT2D eigenvalue weighted by molar-refractivity contribution is -0.147. The summed E-state index contributed by atoms with van der Waals surface area (Å²) in [6.07, 6.45) is -1.80. The van der Waals surface area contributed by atoms with Crippen molar-refractivity contribution in [3.05, 3.63) is 71.9 Å². The number of aromatic amines is 1. The third kappa shape index (κ3) is 7.53.